The molecule has 2 unspecified atom stereocenters. The van der Waals surface area contributed by atoms with E-state index in [4.69, 9.17) is 5.73 Å². The maximum Gasteiger partial charge on any atom is 0.115 e. The second-order valence-corrected chi connectivity index (χ2v) is 5.35. The number of benzene rings is 1. The van der Waals surface area contributed by atoms with Gasteiger partial charge in [0.15, 0.2) is 0 Å². The molecule has 0 aliphatic carbocycles. The van der Waals surface area contributed by atoms with Crippen LogP contribution in [0.4, 0.5) is 0 Å². The number of hydrogen-bond acceptors (Lipinski definition) is 3. The Hall–Kier alpha value is -1.06. The maximum atomic E-state index is 9.33. The molecule has 1 saturated heterocycles. The van der Waals surface area contributed by atoms with Crippen LogP contribution in [-0.4, -0.2) is 29.6 Å². The fourth-order valence-corrected chi connectivity index (χ4v) is 2.88. The summed E-state index contributed by atoms with van der Waals surface area (Å²) in [6.07, 6.45) is 3.72. The van der Waals surface area contributed by atoms with Crippen LogP contribution in [0.2, 0.25) is 0 Å². The van der Waals surface area contributed by atoms with Gasteiger partial charge in [0, 0.05) is 12.6 Å². The van der Waals surface area contributed by atoms with E-state index in [1.54, 1.807) is 12.1 Å². The maximum absolute atomic E-state index is 9.33. The number of rotatable bonds is 4. The highest BCUT2D eigenvalue weighted by Gasteiger charge is 2.23. The van der Waals surface area contributed by atoms with Crippen LogP contribution >= 0.6 is 0 Å². The average molecular weight is 248 g/mol. The van der Waals surface area contributed by atoms with Crippen LogP contribution in [0.3, 0.4) is 0 Å². The fourth-order valence-electron chi connectivity index (χ4n) is 2.88. The summed E-state index contributed by atoms with van der Waals surface area (Å²) in [5.74, 6) is 1.09. The summed E-state index contributed by atoms with van der Waals surface area (Å²) in [7, 11) is 0. The molecule has 1 aromatic rings. The predicted octanol–water partition coefficient (Wildman–Crippen LogP) is 2.51. The van der Waals surface area contributed by atoms with Crippen molar-refractivity contribution in [3.05, 3.63) is 29.8 Å². The minimum Gasteiger partial charge on any atom is -0.508 e. The summed E-state index contributed by atoms with van der Waals surface area (Å²) >= 11 is 0. The highest BCUT2D eigenvalue weighted by atomic mass is 16.3. The van der Waals surface area contributed by atoms with E-state index in [-0.39, 0.29) is 0 Å². The Kier molecular flexibility index (Phi) is 4.61. The minimum absolute atomic E-state index is 0.339. The first-order valence-electron chi connectivity index (χ1n) is 6.93. The molecule has 3 N–H and O–H groups in total. The van der Waals surface area contributed by atoms with Gasteiger partial charge in [0.1, 0.15) is 5.75 Å². The zero-order valence-corrected chi connectivity index (χ0v) is 11.2. The molecule has 0 radical (unpaired) electrons. The van der Waals surface area contributed by atoms with E-state index in [2.05, 4.69) is 11.8 Å². The van der Waals surface area contributed by atoms with Crippen molar-refractivity contribution in [3.8, 4) is 5.75 Å². The van der Waals surface area contributed by atoms with Crippen LogP contribution in [-0.2, 0) is 0 Å². The molecule has 18 heavy (non-hydrogen) atoms. The number of nitrogens with two attached hydrogens (primary N) is 1. The smallest absolute Gasteiger partial charge is 0.115 e. The van der Waals surface area contributed by atoms with Crippen molar-refractivity contribution in [2.75, 3.05) is 19.6 Å². The molecule has 1 heterocycles. The molecule has 2 rings (SSSR count). The SMILES string of the molecule is CC(c1ccc(O)cc1)N1CCCC(CCN)C1. The molecular weight excluding hydrogens is 224 g/mol. The van der Waals surface area contributed by atoms with Crippen LogP contribution in [0.1, 0.15) is 37.8 Å². The number of nitrogens with zero attached hydrogens (tertiary/aromatic N) is 1. The highest BCUT2D eigenvalue weighted by molar-refractivity contribution is 5.27. The van der Waals surface area contributed by atoms with E-state index >= 15 is 0 Å². The summed E-state index contributed by atoms with van der Waals surface area (Å²) in [5, 5.41) is 9.33. The van der Waals surface area contributed by atoms with Crippen molar-refractivity contribution >= 4 is 0 Å². The van der Waals surface area contributed by atoms with Gasteiger partial charge in [-0.2, -0.15) is 0 Å². The van der Waals surface area contributed by atoms with Crippen molar-refractivity contribution in [2.24, 2.45) is 11.7 Å². The van der Waals surface area contributed by atoms with Gasteiger partial charge in [0.2, 0.25) is 0 Å². The van der Waals surface area contributed by atoms with Gasteiger partial charge in [-0.15, -0.1) is 0 Å². The van der Waals surface area contributed by atoms with Crippen LogP contribution < -0.4 is 5.73 Å². The summed E-state index contributed by atoms with van der Waals surface area (Å²) in [6, 6.07) is 8.01. The molecule has 0 aromatic heterocycles. The Labute approximate surface area is 110 Å². The van der Waals surface area contributed by atoms with Crippen LogP contribution in [0.15, 0.2) is 24.3 Å². The normalized spacial score (nSPS) is 22.9. The van der Waals surface area contributed by atoms with Gasteiger partial charge < -0.3 is 10.8 Å². The van der Waals surface area contributed by atoms with Gasteiger partial charge in [0.05, 0.1) is 0 Å². The number of phenolic OH excluding ortho intramolecular Hbond substituents is 1. The zero-order chi connectivity index (χ0) is 13.0. The predicted molar refractivity (Wildman–Crippen MR) is 74.5 cm³/mol. The summed E-state index contributed by atoms with van der Waals surface area (Å²) in [4.78, 5) is 2.54. The first-order valence-corrected chi connectivity index (χ1v) is 6.93. The first-order chi connectivity index (χ1) is 8.70. The van der Waals surface area contributed by atoms with Gasteiger partial charge in [0.25, 0.3) is 0 Å². The summed E-state index contributed by atoms with van der Waals surface area (Å²) in [6.45, 7) is 5.37. The fraction of sp³-hybridized carbons (Fsp3) is 0.600. The summed E-state index contributed by atoms with van der Waals surface area (Å²) in [5.41, 5.74) is 6.94. The molecule has 1 aromatic carbocycles. The lowest BCUT2D eigenvalue weighted by Crippen LogP contribution is -2.37. The van der Waals surface area contributed by atoms with Gasteiger partial charge in [-0.3, -0.25) is 4.90 Å². The van der Waals surface area contributed by atoms with Crippen molar-refractivity contribution in [1.82, 2.24) is 4.90 Å². The number of phenols is 1. The third-order valence-electron chi connectivity index (χ3n) is 4.05. The van der Waals surface area contributed by atoms with E-state index in [1.165, 1.54) is 24.9 Å². The molecule has 3 nitrogen and oxygen atoms in total. The van der Waals surface area contributed by atoms with E-state index in [0.29, 0.717) is 11.8 Å². The molecule has 1 fully saturated rings. The highest BCUT2D eigenvalue weighted by Crippen LogP contribution is 2.28. The van der Waals surface area contributed by atoms with Gasteiger partial charge in [-0.05, 0) is 62.9 Å². The third kappa shape index (κ3) is 3.24. The largest absolute Gasteiger partial charge is 0.508 e. The Bertz CT molecular complexity index is 361. The second-order valence-electron chi connectivity index (χ2n) is 5.35. The number of hydrogen-bond donors (Lipinski definition) is 2. The number of aromatic hydroxyl groups is 1. The van der Waals surface area contributed by atoms with Crippen molar-refractivity contribution < 1.29 is 5.11 Å². The standard InChI is InChI=1S/C15H24N2O/c1-12(14-4-6-15(18)7-5-14)17-10-2-3-13(11-17)8-9-16/h4-7,12-13,18H,2-3,8-11,16H2,1H3. The Balaban J connectivity index is 1.99. The van der Waals surface area contributed by atoms with E-state index in [0.717, 1.165) is 25.4 Å². The average Bonchev–Trinajstić information content (AvgIpc) is 2.39. The quantitative estimate of drug-likeness (QED) is 0.861. The Morgan fingerprint density at radius 1 is 1.39 bits per heavy atom. The van der Waals surface area contributed by atoms with E-state index < -0.39 is 0 Å². The van der Waals surface area contributed by atoms with Gasteiger partial charge in [-0.1, -0.05) is 12.1 Å². The lowest BCUT2D eigenvalue weighted by molar-refractivity contribution is 0.128. The number of likely N-dealkylation sites (tertiary alicyclic amines) is 1. The second kappa shape index (κ2) is 6.21. The molecule has 3 heteroatoms. The molecule has 0 amide bonds. The molecule has 1 aliphatic rings. The third-order valence-corrected chi connectivity index (χ3v) is 4.05. The zero-order valence-electron chi connectivity index (χ0n) is 11.2. The lowest BCUT2D eigenvalue weighted by Gasteiger charge is -2.37. The van der Waals surface area contributed by atoms with Gasteiger partial charge >= 0.3 is 0 Å². The van der Waals surface area contributed by atoms with E-state index in [1.807, 2.05) is 12.1 Å². The van der Waals surface area contributed by atoms with Crippen molar-refractivity contribution in [3.63, 3.8) is 0 Å². The Morgan fingerprint density at radius 2 is 2.11 bits per heavy atom. The molecule has 1 aliphatic heterocycles. The van der Waals surface area contributed by atoms with Crippen LogP contribution in [0.5, 0.6) is 5.75 Å². The molecule has 0 spiro atoms. The first kappa shape index (κ1) is 13.4. The van der Waals surface area contributed by atoms with Gasteiger partial charge in [-0.25, -0.2) is 0 Å². The molecule has 100 valence electrons. The topological polar surface area (TPSA) is 49.5 Å². The molecule has 0 saturated carbocycles. The minimum atomic E-state index is 0.339. The number of piperidine rings is 1. The molecule has 0 bridgehead atoms. The van der Waals surface area contributed by atoms with Crippen LogP contribution in [0.25, 0.3) is 0 Å². The van der Waals surface area contributed by atoms with Crippen LogP contribution in [0, 0.1) is 5.92 Å². The van der Waals surface area contributed by atoms with Crippen molar-refractivity contribution in [1.29, 1.82) is 0 Å². The Morgan fingerprint density at radius 3 is 2.78 bits per heavy atom. The monoisotopic (exact) mass is 248 g/mol. The van der Waals surface area contributed by atoms with E-state index in [9.17, 15) is 5.11 Å². The van der Waals surface area contributed by atoms with Crippen molar-refractivity contribution in [2.45, 2.75) is 32.2 Å². The summed E-state index contributed by atoms with van der Waals surface area (Å²) < 4.78 is 0. The molecular formula is C15H24N2O. The lowest BCUT2D eigenvalue weighted by atomic mass is 9.93. The molecule has 2 atom stereocenters.